The fourth-order valence-corrected chi connectivity index (χ4v) is 1.53. The van der Waals surface area contributed by atoms with Gasteiger partial charge >= 0.3 is 0 Å². The normalized spacial score (nSPS) is 16.1. The second kappa shape index (κ2) is 3.82. The van der Waals surface area contributed by atoms with Crippen molar-refractivity contribution in [2.75, 3.05) is 17.7 Å². The molecule has 2 N–H and O–H groups in total. The van der Waals surface area contributed by atoms with Gasteiger partial charge in [-0.2, -0.15) is 0 Å². The minimum Gasteiger partial charge on any atom is -0.373 e. The second-order valence-corrected chi connectivity index (χ2v) is 3.71. The van der Waals surface area contributed by atoms with Gasteiger partial charge in [0.2, 0.25) is 0 Å². The van der Waals surface area contributed by atoms with Crippen molar-refractivity contribution in [1.82, 2.24) is 9.97 Å². The number of nitrogens with zero attached hydrogens (tertiary/aromatic N) is 2. The first-order valence-corrected chi connectivity index (χ1v) is 5.08. The maximum atomic E-state index is 4.34. The molecule has 0 radical (unpaired) electrons. The molecular weight excluding hydrogens is 176 g/mol. The third-order valence-corrected chi connectivity index (χ3v) is 2.55. The molecule has 0 saturated heterocycles. The lowest BCUT2D eigenvalue weighted by molar-refractivity contribution is 0.444. The quantitative estimate of drug-likeness (QED) is 0.766. The van der Waals surface area contributed by atoms with Crippen LogP contribution in [0.4, 0.5) is 11.6 Å². The molecule has 1 aliphatic carbocycles. The smallest absolute Gasteiger partial charge is 0.132 e. The average Bonchev–Trinajstić information content (AvgIpc) is 2.10. The van der Waals surface area contributed by atoms with Crippen LogP contribution in [0.3, 0.4) is 0 Å². The monoisotopic (exact) mass is 192 g/mol. The fourth-order valence-electron chi connectivity index (χ4n) is 1.53. The van der Waals surface area contributed by atoms with Crippen molar-refractivity contribution in [2.24, 2.45) is 0 Å². The Labute approximate surface area is 84.2 Å². The molecule has 0 aromatic carbocycles. The Morgan fingerprint density at radius 1 is 1.29 bits per heavy atom. The molecule has 0 aliphatic heterocycles. The summed E-state index contributed by atoms with van der Waals surface area (Å²) in [6, 6.07) is 2.57. The maximum Gasteiger partial charge on any atom is 0.132 e. The van der Waals surface area contributed by atoms with Crippen molar-refractivity contribution in [1.29, 1.82) is 0 Å². The summed E-state index contributed by atoms with van der Waals surface area (Å²) in [6.07, 6.45) is 3.86. The SMILES string of the molecule is CNc1cc(NC2CCC2)nc(C)n1. The van der Waals surface area contributed by atoms with Crippen LogP contribution in [0.5, 0.6) is 0 Å². The Bertz CT molecular complexity index is 320. The Hall–Kier alpha value is -1.32. The molecule has 14 heavy (non-hydrogen) atoms. The Kier molecular flexibility index (Phi) is 2.52. The first-order valence-electron chi connectivity index (χ1n) is 5.08. The van der Waals surface area contributed by atoms with Gasteiger partial charge in [0.25, 0.3) is 0 Å². The number of nitrogens with one attached hydrogen (secondary N) is 2. The van der Waals surface area contributed by atoms with Gasteiger partial charge in [-0.3, -0.25) is 0 Å². The van der Waals surface area contributed by atoms with E-state index in [2.05, 4.69) is 20.6 Å². The molecule has 0 unspecified atom stereocenters. The molecule has 0 amide bonds. The van der Waals surface area contributed by atoms with Gasteiger partial charge in [-0.25, -0.2) is 9.97 Å². The van der Waals surface area contributed by atoms with Crippen molar-refractivity contribution in [3.63, 3.8) is 0 Å². The zero-order valence-electron chi connectivity index (χ0n) is 8.67. The highest BCUT2D eigenvalue weighted by atomic mass is 15.1. The molecule has 4 heteroatoms. The first kappa shape index (κ1) is 9.24. The summed E-state index contributed by atoms with van der Waals surface area (Å²) in [4.78, 5) is 8.58. The summed E-state index contributed by atoms with van der Waals surface area (Å²) in [5, 5.41) is 6.43. The van der Waals surface area contributed by atoms with Gasteiger partial charge in [0.05, 0.1) is 0 Å². The summed E-state index contributed by atoms with van der Waals surface area (Å²) in [6.45, 7) is 1.91. The number of hydrogen-bond donors (Lipinski definition) is 2. The number of rotatable bonds is 3. The predicted molar refractivity (Wildman–Crippen MR) is 57.6 cm³/mol. The van der Waals surface area contributed by atoms with E-state index >= 15 is 0 Å². The van der Waals surface area contributed by atoms with E-state index in [0.29, 0.717) is 6.04 Å². The van der Waals surface area contributed by atoms with Gasteiger partial charge in [0, 0.05) is 19.2 Å². The first-order chi connectivity index (χ1) is 6.78. The molecule has 1 aromatic rings. The predicted octanol–water partition coefficient (Wildman–Crippen LogP) is 1.79. The van der Waals surface area contributed by atoms with E-state index in [1.54, 1.807) is 0 Å². The molecule has 0 spiro atoms. The van der Waals surface area contributed by atoms with E-state index in [0.717, 1.165) is 17.5 Å². The zero-order chi connectivity index (χ0) is 9.97. The van der Waals surface area contributed by atoms with Gasteiger partial charge in [-0.05, 0) is 26.2 Å². The molecule has 4 nitrogen and oxygen atoms in total. The molecule has 1 saturated carbocycles. The van der Waals surface area contributed by atoms with Crippen LogP contribution in [0.15, 0.2) is 6.07 Å². The van der Waals surface area contributed by atoms with Crippen LogP contribution in [0.1, 0.15) is 25.1 Å². The summed E-state index contributed by atoms with van der Waals surface area (Å²) >= 11 is 0. The molecule has 1 aromatic heterocycles. The minimum atomic E-state index is 0.619. The van der Waals surface area contributed by atoms with Crippen LogP contribution < -0.4 is 10.6 Å². The summed E-state index contributed by atoms with van der Waals surface area (Å²) in [5.74, 6) is 2.62. The van der Waals surface area contributed by atoms with Gasteiger partial charge in [-0.15, -0.1) is 0 Å². The highest BCUT2D eigenvalue weighted by molar-refractivity contribution is 5.47. The van der Waals surface area contributed by atoms with Crippen LogP contribution in [0, 0.1) is 6.92 Å². The number of aryl methyl sites for hydroxylation is 1. The number of hydrogen-bond acceptors (Lipinski definition) is 4. The second-order valence-electron chi connectivity index (χ2n) is 3.71. The molecule has 1 aliphatic rings. The number of anilines is 2. The van der Waals surface area contributed by atoms with E-state index < -0.39 is 0 Å². The molecule has 76 valence electrons. The fraction of sp³-hybridized carbons (Fsp3) is 0.600. The van der Waals surface area contributed by atoms with Crippen LogP contribution in [-0.4, -0.2) is 23.1 Å². The Morgan fingerprint density at radius 3 is 2.57 bits per heavy atom. The minimum absolute atomic E-state index is 0.619. The van der Waals surface area contributed by atoms with Gasteiger partial charge < -0.3 is 10.6 Å². The maximum absolute atomic E-state index is 4.34. The van der Waals surface area contributed by atoms with Crippen molar-refractivity contribution in [3.8, 4) is 0 Å². The van der Waals surface area contributed by atoms with Gasteiger partial charge in [0.15, 0.2) is 0 Å². The van der Waals surface area contributed by atoms with Crippen LogP contribution in [0.2, 0.25) is 0 Å². The third-order valence-electron chi connectivity index (χ3n) is 2.55. The highest BCUT2D eigenvalue weighted by Gasteiger charge is 2.17. The molecule has 0 atom stereocenters. The van der Waals surface area contributed by atoms with E-state index in [1.165, 1.54) is 19.3 Å². The average molecular weight is 192 g/mol. The van der Waals surface area contributed by atoms with Crippen LogP contribution in [-0.2, 0) is 0 Å². The van der Waals surface area contributed by atoms with Crippen LogP contribution >= 0.6 is 0 Å². The Morgan fingerprint density at radius 2 is 2.00 bits per heavy atom. The van der Waals surface area contributed by atoms with Gasteiger partial charge in [0.1, 0.15) is 17.5 Å². The lowest BCUT2D eigenvalue weighted by Crippen LogP contribution is -2.27. The summed E-state index contributed by atoms with van der Waals surface area (Å²) < 4.78 is 0. The highest BCUT2D eigenvalue weighted by Crippen LogP contribution is 2.23. The van der Waals surface area contributed by atoms with E-state index in [9.17, 15) is 0 Å². The van der Waals surface area contributed by atoms with E-state index in [1.807, 2.05) is 20.0 Å². The van der Waals surface area contributed by atoms with Crippen molar-refractivity contribution < 1.29 is 0 Å². The molecule has 1 heterocycles. The Balaban J connectivity index is 2.11. The third kappa shape index (κ3) is 1.95. The van der Waals surface area contributed by atoms with Crippen molar-refractivity contribution in [2.45, 2.75) is 32.2 Å². The molecule has 2 rings (SSSR count). The largest absolute Gasteiger partial charge is 0.373 e. The molecular formula is C10H16N4. The topological polar surface area (TPSA) is 49.8 Å². The molecule has 1 fully saturated rings. The van der Waals surface area contributed by atoms with Gasteiger partial charge in [-0.1, -0.05) is 0 Å². The van der Waals surface area contributed by atoms with Crippen molar-refractivity contribution >= 4 is 11.6 Å². The summed E-state index contributed by atoms with van der Waals surface area (Å²) in [5.41, 5.74) is 0. The molecule has 0 bridgehead atoms. The lowest BCUT2D eigenvalue weighted by Gasteiger charge is -2.27. The standard InChI is InChI=1S/C10H16N4/c1-7-12-9(11-2)6-10(13-7)14-8-4-3-5-8/h6,8H,3-5H2,1-2H3,(H2,11,12,13,14). The zero-order valence-corrected chi connectivity index (χ0v) is 8.67. The van der Waals surface area contributed by atoms with Crippen LogP contribution in [0.25, 0.3) is 0 Å². The lowest BCUT2D eigenvalue weighted by atomic mass is 9.93. The van der Waals surface area contributed by atoms with E-state index in [4.69, 9.17) is 0 Å². The van der Waals surface area contributed by atoms with Crippen molar-refractivity contribution in [3.05, 3.63) is 11.9 Å². The van der Waals surface area contributed by atoms with E-state index in [-0.39, 0.29) is 0 Å². The number of aromatic nitrogens is 2. The summed E-state index contributed by atoms with van der Waals surface area (Å²) in [7, 11) is 1.87.